The van der Waals surface area contributed by atoms with Gasteiger partial charge in [0.05, 0.1) is 0 Å². The van der Waals surface area contributed by atoms with E-state index < -0.39 is 16.7 Å². The molecule has 1 N–H and O–H groups in total. The minimum Gasteiger partial charge on any atom is -0.479 e. The van der Waals surface area contributed by atoms with Crippen LogP contribution in [-0.4, -0.2) is 21.8 Å². The van der Waals surface area contributed by atoms with Crippen LogP contribution in [0.1, 0.15) is 32.1 Å². The second-order valence-electron chi connectivity index (χ2n) is 5.72. The second kappa shape index (κ2) is 3.34. The number of carboxylic acids is 1. The van der Waals surface area contributed by atoms with Gasteiger partial charge in [0.2, 0.25) is 5.60 Å². The lowest BCUT2D eigenvalue weighted by molar-refractivity contribution is -0.783. The van der Waals surface area contributed by atoms with Crippen molar-refractivity contribution in [2.45, 2.75) is 37.7 Å². The molecule has 0 unspecified atom stereocenters. The van der Waals surface area contributed by atoms with E-state index in [4.69, 9.17) is 4.84 Å². The van der Waals surface area contributed by atoms with Crippen LogP contribution in [0.4, 0.5) is 0 Å². The summed E-state index contributed by atoms with van der Waals surface area (Å²) in [5.41, 5.74) is -1.56. The number of hydrogen-bond donors (Lipinski definition) is 1. The van der Waals surface area contributed by atoms with Crippen LogP contribution in [0.15, 0.2) is 0 Å². The average Bonchev–Trinajstić information content (AvgIpc) is 2.21. The normalized spacial score (nSPS) is 46.8. The molecule has 0 saturated heterocycles. The van der Waals surface area contributed by atoms with E-state index in [-0.39, 0.29) is 11.8 Å². The molecule has 0 spiro atoms. The van der Waals surface area contributed by atoms with Crippen molar-refractivity contribution >= 4 is 5.97 Å². The van der Waals surface area contributed by atoms with E-state index in [1.54, 1.807) is 0 Å². The largest absolute Gasteiger partial charge is 0.479 e. The van der Waals surface area contributed by atoms with E-state index in [1.807, 2.05) is 0 Å². The predicted octanol–water partition coefficient (Wildman–Crippen LogP) is 1.47. The minimum absolute atomic E-state index is 0.179. The molecule has 4 fully saturated rings. The Morgan fingerprint density at radius 2 is 1.65 bits per heavy atom. The molecule has 4 aliphatic rings. The van der Waals surface area contributed by atoms with E-state index in [0.29, 0.717) is 11.8 Å². The third kappa shape index (κ3) is 1.36. The van der Waals surface area contributed by atoms with Gasteiger partial charge in [-0.15, -0.1) is 10.1 Å². The number of aliphatic carboxylic acids is 1. The van der Waals surface area contributed by atoms with Crippen molar-refractivity contribution < 1.29 is 19.8 Å². The van der Waals surface area contributed by atoms with Crippen LogP contribution < -0.4 is 0 Å². The first-order valence-corrected chi connectivity index (χ1v) is 6.09. The maximum Gasteiger partial charge on any atom is 0.336 e. The monoisotopic (exact) mass is 241 g/mol. The molecular weight excluding hydrogens is 226 g/mol. The van der Waals surface area contributed by atoms with Crippen molar-refractivity contribution in [2.24, 2.45) is 23.7 Å². The topological polar surface area (TPSA) is 89.7 Å². The fourth-order valence-electron chi connectivity index (χ4n) is 4.55. The highest BCUT2D eigenvalue weighted by Gasteiger charge is 2.64. The maximum absolute atomic E-state index is 11.5. The predicted molar refractivity (Wildman–Crippen MR) is 55.5 cm³/mol. The number of rotatable bonds is 3. The first-order valence-electron chi connectivity index (χ1n) is 6.09. The van der Waals surface area contributed by atoms with Crippen molar-refractivity contribution in [3.8, 4) is 0 Å². The first kappa shape index (κ1) is 10.8. The van der Waals surface area contributed by atoms with Crippen molar-refractivity contribution in [3.05, 3.63) is 10.1 Å². The third-order valence-electron chi connectivity index (χ3n) is 4.91. The van der Waals surface area contributed by atoms with Gasteiger partial charge in [-0.25, -0.2) is 4.79 Å². The highest BCUT2D eigenvalue weighted by atomic mass is 17.0. The van der Waals surface area contributed by atoms with Crippen LogP contribution in [0.3, 0.4) is 0 Å². The summed E-state index contributed by atoms with van der Waals surface area (Å²) in [6.45, 7) is 0. The molecule has 0 aliphatic heterocycles. The molecule has 0 radical (unpaired) electrons. The molecule has 0 amide bonds. The minimum atomic E-state index is -1.56. The molecule has 0 aromatic carbocycles. The van der Waals surface area contributed by atoms with E-state index in [9.17, 15) is 20.0 Å². The van der Waals surface area contributed by atoms with E-state index in [0.717, 1.165) is 25.7 Å². The average molecular weight is 241 g/mol. The molecule has 0 aromatic heterocycles. The molecule has 0 heterocycles. The summed E-state index contributed by atoms with van der Waals surface area (Å²) in [7, 11) is 0. The molecule has 4 rings (SSSR count). The smallest absolute Gasteiger partial charge is 0.336 e. The molecule has 0 atom stereocenters. The lowest BCUT2D eigenvalue weighted by Gasteiger charge is -2.57. The van der Waals surface area contributed by atoms with E-state index in [1.165, 1.54) is 6.42 Å². The molecule has 17 heavy (non-hydrogen) atoms. The number of carboxylic acid groups (broad SMARTS) is 1. The molecule has 6 nitrogen and oxygen atoms in total. The van der Waals surface area contributed by atoms with Gasteiger partial charge in [0.25, 0.3) is 5.09 Å². The van der Waals surface area contributed by atoms with Gasteiger partial charge in [-0.05, 0) is 55.8 Å². The van der Waals surface area contributed by atoms with Crippen LogP contribution in [0.2, 0.25) is 0 Å². The summed E-state index contributed by atoms with van der Waals surface area (Å²) in [5, 5.41) is 19.1. The third-order valence-corrected chi connectivity index (χ3v) is 4.91. The van der Waals surface area contributed by atoms with Gasteiger partial charge in [0.15, 0.2) is 0 Å². The Kier molecular flexibility index (Phi) is 2.12. The van der Waals surface area contributed by atoms with Crippen LogP contribution >= 0.6 is 0 Å². The summed E-state index contributed by atoms with van der Waals surface area (Å²) in [4.78, 5) is 26.8. The van der Waals surface area contributed by atoms with Gasteiger partial charge in [0.1, 0.15) is 0 Å². The number of hydrogen-bond acceptors (Lipinski definition) is 4. The van der Waals surface area contributed by atoms with Crippen molar-refractivity contribution in [3.63, 3.8) is 0 Å². The number of nitrogens with zero attached hydrogens (tertiary/aromatic N) is 1. The molecule has 6 heteroatoms. The zero-order valence-electron chi connectivity index (χ0n) is 9.37. The van der Waals surface area contributed by atoms with Crippen molar-refractivity contribution in [2.75, 3.05) is 0 Å². The quantitative estimate of drug-likeness (QED) is 0.597. The van der Waals surface area contributed by atoms with Gasteiger partial charge in [-0.1, -0.05) is 0 Å². The van der Waals surface area contributed by atoms with E-state index in [2.05, 4.69) is 0 Å². The summed E-state index contributed by atoms with van der Waals surface area (Å²) in [6, 6.07) is 0. The fourth-order valence-corrected chi connectivity index (χ4v) is 4.55. The van der Waals surface area contributed by atoms with Gasteiger partial charge in [-0.2, -0.15) is 0 Å². The van der Waals surface area contributed by atoms with Crippen LogP contribution in [0.5, 0.6) is 0 Å². The Morgan fingerprint density at radius 1 is 1.18 bits per heavy atom. The number of carbonyl (C=O) groups is 1. The maximum atomic E-state index is 11.5. The zero-order valence-corrected chi connectivity index (χ0v) is 9.37. The summed E-state index contributed by atoms with van der Waals surface area (Å²) in [6.07, 6.45) is 4.25. The first-order chi connectivity index (χ1) is 8.02. The molecular formula is C11H15NO5. The van der Waals surface area contributed by atoms with Gasteiger partial charge in [-0.3, -0.25) is 4.84 Å². The van der Waals surface area contributed by atoms with Gasteiger partial charge < -0.3 is 5.11 Å². The van der Waals surface area contributed by atoms with Crippen molar-refractivity contribution in [1.29, 1.82) is 0 Å². The summed E-state index contributed by atoms with van der Waals surface area (Å²) >= 11 is 0. The van der Waals surface area contributed by atoms with Crippen LogP contribution in [0.25, 0.3) is 0 Å². The van der Waals surface area contributed by atoms with Crippen LogP contribution in [0, 0.1) is 33.8 Å². The van der Waals surface area contributed by atoms with E-state index >= 15 is 0 Å². The molecule has 94 valence electrons. The lowest BCUT2D eigenvalue weighted by Crippen LogP contribution is -2.63. The Hall–Kier alpha value is -1.33. The molecule has 4 aliphatic carbocycles. The highest BCUT2D eigenvalue weighted by Crippen LogP contribution is 2.59. The van der Waals surface area contributed by atoms with Gasteiger partial charge in [0, 0.05) is 0 Å². The Morgan fingerprint density at radius 3 is 2.00 bits per heavy atom. The second-order valence-corrected chi connectivity index (χ2v) is 5.72. The Labute approximate surface area is 98.0 Å². The zero-order chi connectivity index (χ0) is 12.2. The van der Waals surface area contributed by atoms with Gasteiger partial charge >= 0.3 is 5.97 Å². The molecule has 0 aromatic rings. The summed E-state index contributed by atoms with van der Waals surface area (Å²) < 4.78 is 0. The van der Waals surface area contributed by atoms with Crippen LogP contribution in [-0.2, 0) is 9.63 Å². The SMILES string of the molecule is O=C(O)C1(O[N+](=O)[O-])C2CC3CC(C2)CC1C3. The van der Waals surface area contributed by atoms with Crippen molar-refractivity contribution in [1.82, 2.24) is 0 Å². The highest BCUT2D eigenvalue weighted by molar-refractivity contribution is 5.79. The molecule has 4 saturated carbocycles. The molecule has 4 bridgehead atoms. The Bertz CT molecular complexity index is 352. The Balaban J connectivity index is 1.98. The lowest BCUT2D eigenvalue weighted by atomic mass is 9.50. The standard InChI is InChI=1S/C11H15NO5/c13-10(14)11(17-12(15)16)8-2-6-1-7(4-8)5-9(11)3-6/h6-9H,1-5H2,(H,13,14). The summed E-state index contributed by atoms with van der Waals surface area (Å²) in [5.74, 6) is -0.396. The fraction of sp³-hybridized carbons (Fsp3) is 0.909.